The largest absolute Gasteiger partial charge is 0.493 e. The average molecular weight is 490 g/mol. The molecule has 1 rings (SSSR count). The van der Waals surface area contributed by atoms with Gasteiger partial charge in [-0.3, -0.25) is 4.74 Å². The van der Waals surface area contributed by atoms with Crippen molar-refractivity contribution < 1.29 is 61.3 Å². The van der Waals surface area contributed by atoms with Crippen molar-refractivity contribution in [2.24, 2.45) is 0 Å². The van der Waals surface area contributed by atoms with E-state index in [2.05, 4.69) is 14.2 Å². The third-order valence-electron chi connectivity index (χ3n) is 3.67. The van der Waals surface area contributed by atoms with Crippen LogP contribution in [0.25, 0.3) is 0 Å². The second kappa shape index (κ2) is 16.1. The number of benzene rings is 1. The van der Waals surface area contributed by atoms with E-state index in [0.29, 0.717) is 5.75 Å². The van der Waals surface area contributed by atoms with Gasteiger partial charge in [-0.15, -0.1) is 0 Å². The van der Waals surface area contributed by atoms with E-state index in [9.17, 15) is 22.7 Å². The zero-order valence-electron chi connectivity index (χ0n) is 17.9. The van der Waals surface area contributed by atoms with Gasteiger partial charge >= 0.3 is 12.2 Å². The van der Waals surface area contributed by atoms with Gasteiger partial charge in [0.25, 0.3) is 0 Å². The highest BCUT2D eigenvalue weighted by molar-refractivity contribution is 5.20. The number of hydrogen-bond acceptors (Lipinski definition) is 9. The van der Waals surface area contributed by atoms with Crippen LogP contribution < -0.4 is 4.74 Å². The Bertz CT molecular complexity index is 610. The number of hydrogen-bond donors (Lipinski definition) is 3. The van der Waals surface area contributed by atoms with Gasteiger partial charge in [-0.2, -0.15) is 17.6 Å². The third-order valence-corrected chi connectivity index (χ3v) is 3.67. The summed E-state index contributed by atoms with van der Waals surface area (Å²) in [5.41, 5.74) is 0. The minimum atomic E-state index is -4.32. The number of aliphatic hydroxyl groups is 3. The van der Waals surface area contributed by atoms with Crippen molar-refractivity contribution >= 4 is 0 Å². The van der Waals surface area contributed by atoms with Crippen molar-refractivity contribution in [3.8, 4) is 5.75 Å². The molecule has 0 aliphatic rings. The van der Waals surface area contributed by atoms with Gasteiger partial charge in [0, 0.05) is 6.42 Å². The molecule has 0 heterocycles. The average Bonchev–Trinajstić information content (AvgIpc) is 2.75. The fourth-order valence-electron chi connectivity index (χ4n) is 2.17. The minimum Gasteiger partial charge on any atom is -0.493 e. The van der Waals surface area contributed by atoms with Gasteiger partial charge in [0.05, 0.1) is 45.7 Å². The zero-order valence-corrected chi connectivity index (χ0v) is 17.9. The summed E-state index contributed by atoms with van der Waals surface area (Å²) in [6, 6.07) is 8.73. The standard InChI is InChI=1S/C20H30F4O9/c21-19(22,13-30-11-16(26)6-7-32-18-4-2-1-3-5-18)33-20(23,24)14-31-15-29-9-8-28-12-17(27)10-25/h1-5,16-17,25-27H,6-15H2. The van der Waals surface area contributed by atoms with E-state index in [0.717, 1.165) is 0 Å². The van der Waals surface area contributed by atoms with Gasteiger partial charge in [0.15, 0.2) is 0 Å². The molecule has 33 heavy (non-hydrogen) atoms. The van der Waals surface area contributed by atoms with Crippen LogP contribution in [0.1, 0.15) is 6.42 Å². The van der Waals surface area contributed by atoms with Crippen LogP contribution >= 0.6 is 0 Å². The van der Waals surface area contributed by atoms with Crippen molar-refractivity contribution in [3.63, 3.8) is 0 Å². The molecule has 0 bridgehead atoms. The van der Waals surface area contributed by atoms with Crippen LogP contribution in [0.15, 0.2) is 30.3 Å². The highest BCUT2D eigenvalue weighted by atomic mass is 19.3. The Morgan fingerprint density at radius 3 is 2.03 bits per heavy atom. The first-order valence-electron chi connectivity index (χ1n) is 10.0. The molecule has 0 saturated heterocycles. The number of halogens is 4. The van der Waals surface area contributed by atoms with Crippen LogP contribution in [-0.4, -0.2) is 99.4 Å². The van der Waals surface area contributed by atoms with Crippen molar-refractivity contribution in [3.05, 3.63) is 30.3 Å². The molecule has 192 valence electrons. The van der Waals surface area contributed by atoms with Crippen LogP contribution in [-0.2, 0) is 23.7 Å². The predicted molar refractivity (Wildman–Crippen MR) is 105 cm³/mol. The molecule has 1 aromatic rings. The molecule has 0 spiro atoms. The Labute approximate surface area is 188 Å². The van der Waals surface area contributed by atoms with E-state index in [1.165, 1.54) is 0 Å². The van der Waals surface area contributed by atoms with Crippen molar-refractivity contribution in [2.75, 3.05) is 59.6 Å². The van der Waals surface area contributed by atoms with Crippen molar-refractivity contribution in [1.29, 1.82) is 0 Å². The molecule has 3 N–H and O–H groups in total. The lowest BCUT2D eigenvalue weighted by atomic mass is 10.3. The fraction of sp³-hybridized carbons (Fsp3) is 0.700. The van der Waals surface area contributed by atoms with E-state index < -0.39 is 57.6 Å². The van der Waals surface area contributed by atoms with E-state index >= 15 is 0 Å². The molecular weight excluding hydrogens is 460 g/mol. The Morgan fingerprint density at radius 2 is 1.36 bits per heavy atom. The summed E-state index contributed by atoms with van der Waals surface area (Å²) in [5, 5.41) is 27.3. The first-order chi connectivity index (χ1) is 15.6. The SMILES string of the molecule is OCC(O)COCCOCOCC(F)(F)OC(F)(F)COCC(O)CCOc1ccccc1. The Kier molecular flexibility index (Phi) is 14.4. The molecule has 2 unspecified atom stereocenters. The third kappa shape index (κ3) is 15.8. The Morgan fingerprint density at radius 1 is 0.758 bits per heavy atom. The second-order valence-corrected chi connectivity index (χ2v) is 6.78. The highest BCUT2D eigenvalue weighted by Gasteiger charge is 2.44. The fourth-order valence-corrected chi connectivity index (χ4v) is 2.17. The summed E-state index contributed by atoms with van der Waals surface area (Å²) in [6.07, 6.45) is -10.7. The monoisotopic (exact) mass is 490 g/mol. The summed E-state index contributed by atoms with van der Waals surface area (Å²) in [7, 11) is 0. The topological polar surface area (TPSA) is 116 Å². The lowest BCUT2D eigenvalue weighted by Crippen LogP contribution is -2.40. The number of alkyl halides is 4. The predicted octanol–water partition coefficient (Wildman–Crippen LogP) is 1.40. The molecular formula is C20H30F4O9. The maximum Gasteiger partial charge on any atom is 0.383 e. The lowest BCUT2D eigenvalue weighted by Gasteiger charge is -2.24. The van der Waals surface area contributed by atoms with Gasteiger partial charge in [0.2, 0.25) is 0 Å². The van der Waals surface area contributed by atoms with Gasteiger partial charge < -0.3 is 39.0 Å². The molecule has 0 fully saturated rings. The van der Waals surface area contributed by atoms with Gasteiger partial charge in [-0.1, -0.05) is 18.2 Å². The Balaban J connectivity index is 2.11. The minimum absolute atomic E-state index is 0.00699. The molecule has 0 aromatic heterocycles. The van der Waals surface area contributed by atoms with E-state index in [1.54, 1.807) is 30.3 Å². The van der Waals surface area contributed by atoms with Crippen LogP contribution in [0, 0.1) is 0 Å². The van der Waals surface area contributed by atoms with Crippen LogP contribution in [0.5, 0.6) is 5.75 Å². The number of aliphatic hydroxyl groups excluding tert-OH is 3. The lowest BCUT2D eigenvalue weighted by molar-refractivity contribution is -0.396. The summed E-state index contributed by atoms with van der Waals surface area (Å²) >= 11 is 0. The van der Waals surface area contributed by atoms with Crippen LogP contribution in [0.2, 0.25) is 0 Å². The number of ether oxygens (including phenoxy) is 6. The Hall–Kier alpha value is -1.58. The van der Waals surface area contributed by atoms with Crippen LogP contribution in [0.3, 0.4) is 0 Å². The van der Waals surface area contributed by atoms with Crippen molar-refractivity contribution in [2.45, 2.75) is 30.8 Å². The summed E-state index contributed by atoms with van der Waals surface area (Å²) < 4.78 is 81.7. The van der Waals surface area contributed by atoms with Gasteiger partial charge in [0.1, 0.15) is 31.9 Å². The molecule has 0 aliphatic heterocycles. The normalized spacial score (nSPS) is 14.3. The van der Waals surface area contributed by atoms with Crippen LogP contribution in [0.4, 0.5) is 17.6 Å². The highest BCUT2D eigenvalue weighted by Crippen LogP contribution is 2.27. The molecule has 2 atom stereocenters. The van der Waals surface area contributed by atoms with E-state index in [4.69, 9.17) is 24.4 Å². The van der Waals surface area contributed by atoms with Crippen molar-refractivity contribution in [1.82, 2.24) is 0 Å². The molecule has 0 radical (unpaired) electrons. The maximum atomic E-state index is 13.6. The molecule has 13 heteroatoms. The van der Waals surface area contributed by atoms with Gasteiger partial charge in [-0.25, -0.2) is 0 Å². The smallest absolute Gasteiger partial charge is 0.383 e. The first-order valence-corrected chi connectivity index (χ1v) is 10.0. The summed E-state index contributed by atoms with van der Waals surface area (Å²) in [5.74, 6) is 0.576. The summed E-state index contributed by atoms with van der Waals surface area (Å²) in [6.45, 7) is -4.73. The zero-order chi connectivity index (χ0) is 24.6. The number of rotatable bonds is 20. The second-order valence-electron chi connectivity index (χ2n) is 6.78. The van der Waals surface area contributed by atoms with E-state index in [-0.39, 0.29) is 32.8 Å². The van der Waals surface area contributed by atoms with Gasteiger partial charge in [-0.05, 0) is 12.1 Å². The summed E-state index contributed by atoms with van der Waals surface area (Å²) in [4.78, 5) is 0. The molecule has 1 aromatic carbocycles. The molecule has 0 aliphatic carbocycles. The molecule has 9 nitrogen and oxygen atoms in total. The van der Waals surface area contributed by atoms with E-state index in [1.807, 2.05) is 0 Å². The molecule has 0 amide bonds. The quantitative estimate of drug-likeness (QED) is 0.142. The molecule has 0 saturated carbocycles. The first kappa shape index (κ1) is 29.5. The number of para-hydroxylation sites is 1. The maximum absolute atomic E-state index is 13.6.